The minimum absolute atomic E-state index is 1.13. The summed E-state index contributed by atoms with van der Waals surface area (Å²) in [6, 6.07) is 2.09. The van der Waals surface area contributed by atoms with Crippen molar-refractivity contribution >= 4 is 0 Å². The molecule has 2 rings (SSSR count). The summed E-state index contributed by atoms with van der Waals surface area (Å²) in [5.74, 6) is 0. The van der Waals surface area contributed by atoms with Gasteiger partial charge in [-0.1, -0.05) is 0 Å². The maximum atomic E-state index is 3.31. The minimum Gasteiger partial charge on any atom is -0.365 e. The lowest BCUT2D eigenvalue weighted by atomic mass is 9.98. The highest BCUT2D eigenvalue weighted by molar-refractivity contribution is 5.30. The predicted octanol–water partition coefficient (Wildman–Crippen LogP) is 1.78. The molecule has 46 valence electrons. The molecule has 2 radical (unpaired) electrons. The van der Waals surface area contributed by atoms with Gasteiger partial charge in [0.25, 0.3) is 0 Å². The summed E-state index contributed by atoms with van der Waals surface area (Å²) in [7, 11) is 0. The molecule has 0 bridgehead atoms. The summed E-state index contributed by atoms with van der Waals surface area (Å²) in [5, 5.41) is 0. The number of aromatic nitrogens is 1. The van der Waals surface area contributed by atoms with E-state index in [9.17, 15) is 0 Å². The van der Waals surface area contributed by atoms with E-state index >= 15 is 0 Å². The van der Waals surface area contributed by atoms with Crippen molar-refractivity contribution in [3.63, 3.8) is 0 Å². The predicted molar refractivity (Wildman–Crippen MR) is 36.1 cm³/mol. The number of H-pyrrole nitrogens is 1. The lowest BCUT2D eigenvalue weighted by molar-refractivity contribution is 0.761. The first-order chi connectivity index (χ1) is 4.47. The highest BCUT2D eigenvalue weighted by Crippen LogP contribution is 2.20. The summed E-state index contributed by atoms with van der Waals surface area (Å²) in [5.41, 5.74) is 2.66. The second kappa shape index (κ2) is 1.90. The molecule has 0 aliphatic heterocycles. The van der Waals surface area contributed by atoms with E-state index in [0.29, 0.717) is 0 Å². The van der Waals surface area contributed by atoms with Crippen LogP contribution < -0.4 is 0 Å². The number of rotatable bonds is 0. The normalized spacial score (nSPS) is 17.3. The molecule has 0 unspecified atom stereocenters. The number of aromatic amines is 1. The van der Waals surface area contributed by atoms with E-state index in [1.165, 1.54) is 24.1 Å². The van der Waals surface area contributed by atoms with Crippen LogP contribution in [0.2, 0.25) is 0 Å². The number of hydrogen-bond donors (Lipinski definition) is 1. The van der Waals surface area contributed by atoms with Crippen LogP contribution in [-0.4, -0.2) is 4.98 Å². The summed E-state index contributed by atoms with van der Waals surface area (Å²) in [6.45, 7) is 0. The highest BCUT2D eigenvalue weighted by atomic mass is 14.7. The molecule has 1 aliphatic rings. The molecule has 1 aromatic rings. The van der Waals surface area contributed by atoms with Crippen LogP contribution in [0.5, 0.6) is 0 Å². The molecule has 1 heteroatoms. The van der Waals surface area contributed by atoms with Gasteiger partial charge >= 0.3 is 0 Å². The van der Waals surface area contributed by atoms with Crippen molar-refractivity contribution in [1.29, 1.82) is 0 Å². The van der Waals surface area contributed by atoms with Crippen LogP contribution in [0, 0.1) is 6.42 Å². The van der Waals surface area contributed by atoms with Gasteiger partial charge in [0.05, 0.1) is 0 Å². The molecule has 0 amide bonds. The van der Waals surface area contributed by atoms with Crippen LogP contribution >= 0.6 is 0 Å². The van der Waals surface area contributed by atoms with Crippen LogP contribution in [0.1, 0.15) is 24.1 Å². The monoisotopic (exact) mass is 119 g/mol. The minimum atomic E-state index is 1.13. The van der Waals surface area contributed by atoms with E-state index in [1.54, 1.807) is 0 Å². The van der Waals surface area contributed by atoms with Gasteiger partial charge in [0.2, 0.25) is 0 Å². The Balaban J connectivity index is 2.39. The summed E-state index contributed by atoms with van der Waals surface area (Å²) < 4.78 is 0. The first-order valence-electron chi connectivity index (χ1n) is 3.37. The Morgan fingerprint density at radius 1 is 1.56 bits per heavy atom. The second-order valence-corrected chi connectivity index (χ2v) is 2.40. The van der Waals surface area contributed by atoms with Crippen LogP contribution in [0.25, 0.3) is 0 Å². The molecular formula is C8H9N. The Morgan fingerprint density at radius 3 is 3.44 bits per heavy atom. The number of hydrogen-bond acceptors (Lipinski definition) is 0. The van der Waals surface area contributed by atoms with Crippen molar-refractivity contribution in [1.82, 2.24) is 4.98 Å². The van der Waals surface area contributed by atoms with Crippen molar-refractivity contribution in [2.24, 2.45) is 0 Å². The van der Waals surface area contributed by atoms with Gasteiger partial charge in [-0.2, -0.15) is 0 Å². The van der Waals surface area contributed by atoms with E-state index in [1.807, 2.05) is 6.20 Å². The van der Waals surface area contributed by atoms with Gasteiger partial charge in [0.1, 0.15) is 0 Å². The van der Waals surface area contributed by atoms with E-state index < -0.39 is 0 Å². The molecule has 0 atom stereocenters. The van der Waals surface area contributed by atoms with Gasteiger partial charge in [-0.05, 0) is 30.9 Å². The lowest BCUT2D eigenvalue weighted by Gasteiger charge is -2.08. The van der Waals surface area contributed by atoms with Gasteiger partial charge in [-0.3, -0.25) is 0 Å². The molecule has 1 nitrogen and oxygen atoms in total. The average molecular weight is 119 g/mol. The zero-order valence-corrected chi connectivity index (χ0v) is 5.28. The fourth-order valence-corrected chi connectivity index (χ4v) is 1.26. The molecule has 0 saturated heterocycles. The Kier molecular flexibility index (Phi) is 1.08. The zero-order chi connectivity index (χ0) is 6.10. The maximum absolute atomic E-state index is 3.31. The van der Waals surface area contributed by atoms with Crippen molar-refractivity contribution in [2.45, 2.75) is 19.3 Å². The third-order valence-corrected chi connectivity index (χ3v) is 1.75. The van der Waals surface area contributed by atoms with E-state index in [2.05, 4.69) is 17.5 Å². The number of aryl methyl sites for hydroxylation is 1. The first-order valence-corrected chi connectivity index (χ1v) is 3.37. The Hall–Kier alpha value is -0.720. The van der Waals surface area contributed by atoms with Crippen LogP contribution in [0.4, 0.5) is 0 Å². The molecule has 0 aromatic carbocycles. The third-order valence-electron chi connectivity index (χ3n) is 1.75. The Bertz CT molecular complexity index is 180. The van der Waals surface area contributed by atoms with E-state index in [0.717, 1.165) is 6.42 Å². The lowest BCUT2D eigenvalue weighted by Crippen LogP contribution is -1.97. The first kappa shape index (κ1) is 5.10. The second-order valence-electron chi connectivity index (χ2n) is 2.40. The maximum Gasteiger partial charge on any atom is 0.0186 e. The van der Waals surface area contributed by atoms with Gasteiger partial charge in [-0.15, -0.1) is 0 Å². The smallest absolute Gasteiger partial charge is 0.0186 e. The van der Waals surface area contributed by atoms with E-state index in [4.69, 9.17) is 0 Å². The Labute approximate surface area is 55.1 Å². The molecule has 9 heavy (non-hydrogen) atoms. The molecule has 1 heterocycles. The van der Waals surface area contributed by atoms with Crippen LogP contribution in [-0.2, 0) is 6.42 Å². The summed E-state index contributed by atoms with van der Waals surface area (Å²) in [6.07, 6.45) is 8.89. The fraction of sp³-hybridized carbons (Fsp3) is 0.375. The average Bonchev–Trinajstić information content (AvgIpc) is 2.33. The van der Waals surface area contributed by atoms with Crippen molar-refractivity contribution in [3.05, 3.63) is 29.9 Å². The SMILES string of the molecule is [C]1CCCc2[nH]ccc21. The quantitative estimate of drug-likeness (QED) is 0.535. The molecule has 0 fully saturated rings. The van der Waals surface area contributed by atoms with Crippen molar-refractivity contribution in [2.75, 3.05) is 0 Å². The topological polar surface area (TPSA) is 15.8 Å². The molecule has 1 N–H and O–H groups in total. The highest BCUT2D eigenvalue weighted by Gasteiger charge is 2.08. The number of nitrogens with one attached hydrogen (secondary N) is 1. The van der Waals surface area contributed by atoms with Gasteiger partial charge < -0.3 is 4.98 Å². The largest absolute Gasteiger partial charge is 0.365 e. The third kappa shape index (κ3) is 0.766. The molecular weight excluding hydrogens is 110 g/mol. The fourth-order valence-electron chi connectivity index (χ4n) is 1.26. The standard InChI is InChI=1S/C8H9N/c1-2-4-8-7(3-1)5-6-9-8/h5-6,9H,1-2,4H2. The number of fused-ring (bicyclic) bond motifs is 1. The Morgan fingerprint density at radius 2 is 2.56 bits per heavy atom. The van der Waals surface area contributed by atoms with Gasteiger partial charge in [-0.25, -0.2) is 0 Å². The van der Waals surface area contributed by atoms with E-state index in [-0.39, 0.29) is 0 Å². The van der Waals surface area contributed by atoms with Crippen LogP contribution in [0.15, 0.2) is 12.3 Å². The molecule has 1 aromatic heterocycles. The molecule has 0 saturated carbocycles. The van der Waals surface area contributed by atoms with Gasteiger partial charge in [0.15, 0.2) is 0 Å². The summed E-state index contributed by atoms with van der Waals surface area (Å²) in [4.78, 5) is 3.20. The van der Waals surface area contributed by atoms with Crippen LogP contribution in [0.3, 0.4) is 0 Å². The molecule has 0 spiro atoms. The summed E-state index contributed by atoms with van der Waals surface area (Å²) >= 11 is 0. The zero-order valence-electron chi connectivity index (χ0n) is 5.28. The van der Waals surface area contributed by atoms with Gasteiger partial charge in [0, 0.05) is 18.3 Å². The van der Waals surface area contributed by atoms with Crippen molar-refractivity contribution < 1.29 is 0 Å². The van der Waals surface area contributed by atoms with Crippen molar-refractivity contribution in [3.8, 4) is 0 Å². The molecule has 1 aliphatic carbocycles.